The minimum Gasteiger partial charge on any atom is -0.497 e. The van der Waals surface area contributed by atoms with Gasteiger partial charge >= 0.3 is 11.9 Å². The van der Waals surface area contributed by atoms with Crippen LogP contribution in [-0.2, 0) is 19.5 Å². The van der Waals surface area contributed by atoms with Gasteiger partial charge in [-0.25, -0.2) is 18.0 Å². The highest BCUT2D eigenvalue weighted by Gasteiger charge is 2.33. The number of methoxy groups -OCH3 is 3. The average Bonchev–Trinajstić information content (AvgIpc) is 2.82. The first-order valence-electron chi connectivity index (χ1n) is 9.51. The van der Waals surface area contributed by atoms with Gasteiger partial charge in [0.25, 0.3) is 0 Å². The maximum atomic E-state index is 13.3. The number of carbonyl (C=O) groups is 2. The summed E-state index contributed by atoms with van der Waals surface area (Å²) in [4.78, 5) is 25.9. The molecule has 1 fully saturated rings. The molecule has 0 aliphatic carbocycles. The summed E-state index contributed by atoms with van der Waals surface area (Å²) >= 11 is 0. The van der Waals surface area contributed by atoms with Gasteiger partial charge in [0.05, 0.1) is 37.4 Å². The van der Waals surface area contributed by atoms with Crippen LogP contribution in [0.4, 0.5) is 5.69 Å². The van der Waals surface area contributed by atoms with Crippen molar-refractivity contribution in [2.75, 3.05) is 52.4 Å². The Labute approximate surface area is 181 Å². The molecule has 0 bridgehead atoms. The number of hydrogen-bond donors (Lipinski definition) is 0. The number of carbonyl (C=O) groups excluding carboxylic acids is 2. The van der Waals surface area contributed by atoms with Gasteiger partial charge in [-0.3, -0.25) is 0 Å². The molecule has 1 aliphatic heterocycles. The van der Waals surface area contributed by atoms with Crippen molar-refractivity contribution >= 4 is 27.6 Å². The number of benzene rings is 2. The van der Waals surface area contributed by atoms with E-state index < -0.39 is 22.0 Å². The first-order chi connectivity index (χ1) is 14.8. The van der Waals surface area contributed by atoms with E-state index in [9.17, 15) is 18.0 Å². The minimum absolute atomic E-state index is 0.0330. The molecule has 0 radical (unpaired) electrons. The van der Waals surface area contributed by atoms with Gasteiger partial charge in [0.1, 0.15) is 5.75 Å². The van der Waals surface area contributed by atoms with E-state index in [1.165, 1.54) is 30.7 Å². The molecule has 1 aliphatic rings. The predicted octanol–water partition coefficient (Wildman–Crippen LogP) is 1.78. The minimum atomic E-state index is -4.05. The standard InChI is InChI=1S/C21H24N2O7S/c1-28-17-7-5-16(6-8-17)22-10-12-23(13-11-22)31(26,27)19-14-15(20(24)29-2)4-9-18(19)21(25)30-3/h4-9,14H,10-13H2,1-3H3. The van der Waals surface area contributed by atoms with Gasteiger partial charge in [-0.1, -0.05) is 0 Å². The molecule has 0 amide bonds. The fourth-order valence-electron chi connectivity index (χ4n) is 3.38. The number of hydrogen-bond acceptors (Lipinski definition) is 8. The SMILES string of the molecule is COC(=O)c1ccc(C(=O)OC)c(S(=O)(=O)N2CCN(c3ccc(OC)cc3)CC2)c1. The zero-order valence-corrected chi connectivity index (χ0v) is 18.3. The van der Waals surface area contributed by atoms with Crippen molar-refractivity contribution in [1.29, 1.82) is 0 Å². The third kappa shape index (κ3) is 4.64. The Morgan fingerprint density at radius 3 is 2.00 bits per heavy atom. The highest BCUT2D eigenvalue weighted by atomic mass is 32.2. The van der Waals surface area contributed by atoms with Gasteiger partial charge < -0.3 is 19.1 Å². The second kappa shape index (κ2) is 9.36. The first-order valence-corrected chi connectivity index (χ1v) is 11.0. The molecule has 166 valence electrons. The van der Waals surface area contributed by atoms with Crippen LogP contribution < -0.4 is 9.64 Å². The molecule has 0 spiro atoms. The van der Waals surface area contributed by atoms with Crippen molar-refractivity contribution in [2.24, 2.45) is 0 Å². The number of esters is 2. The molecule has 2 aromatic rings. The lowest BCUT2D eigenvalue weighted by Crippen LogP contribution is -2.48. The molecule has 9 nitrogen and oxygen atoms in total. The molecule has 0 N–H and O–H groups in total. The second-order valence-corrected chi connectivity index (χ2v) is 8.69. The molecule has 0 unspecified atom stereocenters. The quantitative estimate of drug-likeness (QED) is 0.617. The number of nitrogens with zero attached hydrogens (tertiary/aromatic N) is 2. The van der Waals surface area contributed by atoms with E-state index in [1.807, 2.05) is 24.3 Å². The highest BCUT2D eigenvalue weighted by molar-refractivity contribution is 7.89. The molecular formula is C21H24N2O7S. The molecule has 10 heteroatoms. The molecule has 1 heterocycles. The van der Waals surface area contributed by atoms with Gasteiger partial charge in [0.2, 0.25) is 10.0 Å². The van der Waals surface area contributed by atoms with Gasteiger partial charge in [0, 0.05) is 31.9 Å². The highest BCUT2D eigenvalue weighted by Crippen LogP contribution is 2.26. The van der Waals surface area contributed by atoms with Crippen LogP contribution in [-0.4, -0.2) is 72.2 Å². The molecule has 0 atom stereocenters. The first kappa shape index (κ1) is 22.6. The van der Waals surface area contributed by atoms with E-state index in [1.54, 1.807) is 7.11 Å². The Morgan fingerprint density at radius 2 is 1.45 bits per heavy atom. The summed E-state index contributed by atoms with van der Waals surface area (Å²) < 4.78 is 42.6. The van der Waals surface area contributed by atoms with Crippen LogP contribution in [0.5, 0.6) is 5.75 Å². The second-order valence-electron chi connectivity index (χ2n) is 6.78. The molecule has 3 rings (SSSR count). The number of piperazine rings is 1. The summed E-state index contributed by atoms with van der Waals surface area (Å²) in [6, 6.07) is 11.3. The zero-order valence-electron chi connectivity index (χ0n) is 17.5. The Balaban J connectivity index is 1.86. The molecular weight excluding hydrogens is 424 g/mol. The summed E-state index contributed by atoms with van der Waals surface area (Å²) in [5.41, 5.74) is 0.860. The van der Waals surface area contributed by atoms with E-state index in [0.29, 0.717) is 13.1 Å². The van der Waals surface area contributed by atoms with Crippen molar-refractivity contribution in [3.05, 3.63) is 53.6 Å². The summed E-state index contributed by atoms with van der Waals surface area (Å²) in [5.74, 6) is -0.755. The normalized spacial score (nSPS) is 14.7. The van der Waals surface area contributed by atoms with Crippen LogP contribution in [0, 0.1) is 0 Å². The summed E-state index contributed by atoms with van der Waals surface area (Å²) in [6.45, 7) is 1.38. The third-order valence-electron chi connectivity index (χ3n) is 5.10. The van der Waals surface area contributed by atoms with Crippen molar-refractivity contribution in [3.8, 4) is 5.75 Å². The Hall–Kier alpha value is -3.11. The smallest absolute Gasteiger partial charge is 0.339 e. The molecule has 0 saturated carbocycles. The van der Waals surface area contributed by atoms with E-state index in [-0.39, 0.29) is 29.1 Å². The molecule has 1 saturated heterocycles. The van der Waals surface area contributed by atoms with Crippen LogP contribution in [0.3, 0.4) is 0 Å². The van der Waals surface area contributed by atoms with Crippen LogP contribution in [0.2, 0.25) is 0 Å². The number of rotatable bonds is 6. The summed E-state index contributed by atoms with van der Waals surface area (Å²) in [7, 11) is -0.0918. The van der Waals surface area contributed by atoms with E-state index >= 15 is 0 Å². The third-order valence-corrected chi connectivity index (χ3v) is 7.04. The van der Waals surface area contributed by atoms with Crippen molar-refractivity contribution in [1.82, 2.24) is 4.31 Å². The van der Waals surface area contributed by atoms with E-state index in [4.69, 9.17) is 9.47 Å². The summed E-state index contributed by atoms with van der Waals surface area (Å²) in [6.07, 6.45) is 0. The van der Waals surface area contributed by atoms with Crippen molar-refractivity contribution in [2.45, 2.75) is 4.90 Å². The Kier molecular flexibility index (Phi) is 6.81. The maximum Gasteiger partial charge on any atom is 0.339 e. The lowest BCUT2D eigenvalue weighted by molar-refractivity contribution is 0.0583. The van der Waals surface area contributed by atoms with Gasteiger partial charge in [-0.05, 0) is 42.5 Å². The van der Waals surface area contributed by atoms with Crippen molar-refractivity contribution in [3.63, 3.8) is 0 Å². The fraction of sp³-hybridized carbons (Fsp3) is 0.333. The fourth-order valence-corrected chi connectivity index (χ4v) is 5.01. The van der Waals surface area contributed by atoms with E-state index in [0.717, 1.165) is 17.5 Å². The van der Waals surface area contributed by atoms with Crippen LogP contribution in [0.1, 0.15) is 20.7 Å². The number of sulfonamides is 1. The zero-order chi connectivity index (χ0) is 22.6. The number of ether oxygens (including phenoxy) is 3. The topological polar surface area (TPSA) is 102 Å². The van der Waals surface area contributed by atoms with Gasteiger partial charge in [-0.2, -0.15) is 4.31 Å². The lowest BCUT2D eigenvalue weighted by atomic mass is 10.1. The summed E-state index contributed by atoms with van der Waals surface area (Å²) in [5, 5.41) is 0. The molecule has 31 heavy (non-hydrogen) atoms. The number of anilines is 1. The molecule has 2 aromatic carbocycles. The molecule has 0 aromatic heterocycles. The van der Waals surface area contributed by atoms with Crippen molar-refractivity contribution < 1.29 is 32.2 Å². The Morgan fingerprint density at radius 1 is 0.839 bits per heavy atom. The van der Waals surface area contributed by atoms with E-state index in [2.05, 4.69) is 9.64 Å². The lowest BCUT2D eigenvalue weighted by Gasteiger charge is -2.35. The van der Waals surface area contributed by atoms with Crippen LogP contribution >= 0.6 is 0 Å². The largest absolute Gasteiger partial charge is 0.497 e. The van der Waals surface area contributed by atoms with Gasteiger partial charge in [-0.15, -0.1) is 0 Å². The van der Waals surface area contributed by atoms with Gasteiger partial charge in [0.15, 0.2) is 0 Å². The van der Waals surface area contributed by atoms with Crippen LogP contribution in [0.25, 0.3) is 0 Å². The predicted molar refractivity (Wildman–Crippen MR) is 113 cm³/mol. The maximum absolute atomic E-state index is 13.3. The monoisotopic (exact) mass is 448 g/mol. The van der Waals surface area contributed by atoms with Crippen LogP contribution in [0.15, 0.2) is 47.4 Å². The Bertz CT molecular complexity index is 1060. The average molecular weight is 448 g/mol.